The minimum absolute atomic E-state index is 0.275. The Balaban J connectivity index is 3.02. The Hall–Kier alpha value is -1.43. The third-order valence-electron chi connectivity index (χ3n) is 0.936. The summed E-state index contributed by atoms with van der Waals surface area (Å²) in [6.45, 7) is 0. The van der Waals surface area contributed by atoms with Crippen molar-refractivity contribution in [3.8, 4) is 12.0 Å². The fraction of sp³-hybridized carbons (Fsp3) is 0.167. The van der Waals surface area contributed by atoms with Crippen LogP contribution in [0.25, 0.3) is 0 Å². The highest BCUT2D eigenvalue weighted by Crippen LogP contribution is 2.16. The van der Waals surface area contributed by atoms with E-state index >= 15 is 0 Å². The summed E-state index contributed by atoms with van der Waals surface area (Å²) in [5.41, 5.74) is 0.428. The first-order chi connectivity index (χ1) is 4.38. The van der Waals surface area contributed by atoms with Gasteiger partial charge in [0.05, 0.1) is 13.4 Å². The minimum Gasteiger partial charge on any atom is -0.468 e. The smallest absolute Gasteiger partial charge is 0.302 e. The highest BCUT2D eigenvalue weighted by Gasteiger charge is 2.02. The summed E-state index contributed by atoms with van der Waals surface area (Å²) in [5.74, 6) is 0.275. The molecule has 0 bridgehead atoms. The summed E-state index contributed by atoms with van der Waals surface area (Å²) in [6.07, 6.45) is 1.41. The molecule has 1 heterocycles. The van der Waals surface area contributed by atoms with Crippen molar-refractivity contribution >= 4 is 0 Å². The van der Waals surface area contributed by atoms with E-state index in [0.717, 1.165) is 0 Å². The lowest BCUT2D eigenvalue weighted by molar-refractivity contribution is 0.304. The average molecular weight is 123 g/mol. The van der Waals surface area contributed by atoms with E-state index in [2.05, 4.69) is 4.74 Å². The maximum absolute atomic E-state index is 8.35. The van der Waals surface area contributed by atoms with E-state index in [1.54, 1.807) is 6.07 Å². The van der Waals surface area contributed by atoms with Crippen LogP contribution in [0.15, 0.2) is 16.7 Å². The predicted molar refractivity (Wildman–Crippen MR) is 30.0 cm³/mol. The molecule has 1 aromatic heterocycles. The fourth-order valence-corrected chi connectivity index (χ4v) is 0.536. The molecule has 1 rings (SSSR count). The molecule has 3 nitrogen and oxygen atoms in total. The first-order valence-corrected chi connectivity index (χ1v) is 2.40. The summed E-state index contributed by atoms with van der Waals surface area (Å²) in [5, 5.41) is 8.35. The molecular formula is C6H5NO2. The molecule has 0 spiro atoms. The number of ether oxygens (including phenoxy) is 1. The Kier molecular flexibility index (Phi) is 1.41. The van der Waals surface area contributed by atoms with Crippen molar-refractivity contribution in [2.75, 3.05) is 7.11 Å². The molecule has 0 aromatic carbocycles. The summed E-state index contributed by atoms with van der Waals surface area (Å²) in [7, 11) is 1.46. The molecule has 46 valence electrons. The van der Waals surface area contributed by atoms with Gasteiger partial charge < -0.3 is 9.15 Å². The molecule has 0 atom stereocenters. The zero-order chi connectivity index (χ0) is 6.69. The predicted octanol–water partition coefficient (Wildman–Crippen LogP) is 1.16. The number of hydrogen-bond donors (Lipinski definition) is 0. The van der Waals surface area contributed by atoms with Gasteiger partial charge in [-0.2, -0.15) is 5.26 Å². The number of rotatable bonds is 1. The SMILES string of the molecule is COc1occc1C#N. The van der Waals surface area contributed by atoms with Crippen molar-refractivity contribution < 1.29 is 9.15 Å². The molecule has 3 heteroatoms. The van der Waals surface area contributed by atoms with E-state index in [1.807, 2.05) is 6.07 Å². The molecule has 0 aliphatic rings. The van der Waals surface area contributed by atoms with Gasteiger partial charge >= 0.3 is 5.95 Å². The van der Waals surface area contributed by atoms with E-state index in [4.69, 9.17) is 9.68 Å². The van der Waals surface area contributed by atoms with Gasteiger partial charge in [-0.15, -0.1) is 0 Å². The van der Waals surface area contributed by atoms with Gasteiger partial charge in [-0.25, -0.2) is 0 Å². The lowest BCUT2D eigenvalue weighted by atomic mass is 10.4. The quantitative estimate of drug-likeness (QED) is 0.562. The van der Waals surface area contributed by atoms with Crippen LogP contribution in [0.5, 0.6) is 5.95 Å². The van der Waals surface area contributed by atoms with Crippen molar-refractivity contribution in [1.29, 1.82) is 5.26 Å². The minimum atomic E-state index is 0.275. The Morgan fingerprint density at radius 2 is 2.56 bits per heavy atom. The number of nitrogens with zero attached hydrogens (tertiary/aromatic N) is 1. The van der Waals surface area contributed by atoms with Crippen LogP contribution in [0.2, 0.25) is 0 Å². The van der Waals surface area contributed by atoms with Crippen LogP contribution in [0.3, 0.4) is 0 Å². The highest BCUT2D eigenvalue weighted by atomic mass is 16.6. The van der Waals surface area contributed by atoms with E-state index in [9.17, 15) is 0 Å². The second-order valence-corrected chi connectivity index (χ2v) is 1.44. The standard InChI is InChI=1S/C6H5NO2/c1-8-6-5(4-7)2-3-9-6/h2-3H,1H3. The van der Waals surface area contributed by atoms with Crippen molar-refractivity contribution in [3.05, 3.63) is 17.9 Å². The van der Waals surface area contributed by atoms with Crippen LogP contribution < -0.4 is 4.74 Å². The third-order valence-corrected chi connectivity index (χ3v) is 0.936. The van der Waals surface area contributed by atoms with E-state index < -0.39 is 0 Å². The second kappa shape index (κ2) is 2.23. The Morgan fingerprint density at radius 1 is 1.78 bits per heavy atom. The summed E-state index contributed by atoms with van der Waals surface area (Å²) < 4.78 is 9.45. The van der Waals surface area contributed by atoms with Gasteiger partial charge in [-0.3, -0.25) is 0 Å². The Morgan fingerprint density at radius 3 is 3.00 bits per heavy atom. The Labute approximate surface area is 52.5 Å². The number of nitriles is 1. The highest BCUT2D eigenvalue weighted by molar-refractivity contribution is 5.34. The van der Waals surface area contributed by atoms with Gasteiger partial charge in [-0.1, -0.05) is 0 Å². The lowest BCUT2D eigenvalue weighted by Crippen LogP contribution is -1.80. The second-order valence-electron chi connectivity index (χ2n) is 1.44. The van der Waals surface area contributed by atoms with Gasteiger partial charge in [0, 0.05) is 0 Å². The molecule has 0 saturated heterocycles. The zero-order valence-corrected chi connectivity index (χ0v) is 4.92. The maximum atomic E-state index is 8.35. The number of hydrogen-bond acceptors (Lipinski definition) is 3. The van der Waals surface area contributed by atoms with Crippen LogP contribution >= 0.6 is 0 Å². The molecule has 0 fully saturated rings. The number of furan rings is 1. The average Bonchev–Trinajstić information content (AvgIpc) is 2.33. The third kappa shape index (κ3) is 0.868. The molecule has 0 unspecified atom stereocenters. The van der Waals surface area contributed by atoms with Crippen LogP contribution in [0, 0.1) is 11.3 Å². The van der Waals surface area contributed by atoms with E-state index in [1.165, 1.54) is 13.4 Å². The van der Waals surface area contributed by atoms with Crippen molar-refractivity contribution in [1.82, 2.24) is 0 Å². The number of methoxy groups -OCH3 is 1. The molecule has 0 aliphatic heterocycles. The molecule has 1 aromatic rings. The van der Waals surface area contributed by atoms with Gasteiger partial charge in [0.1, 0.15) is 11.6 Å². The lowest BCUT2D eigenvalue weighted by Gasteiger charge is -1.89. The van der Waals surface area contributed by atoms with Crippen LogP contribution in [0.4, 0.5) is 0 Å². The molecular weight excluding hydrogens is 118 g/mol. The summed E-state index contributed by atoms with van der Waals surface area (Å²) in [6, 6.07) is 3.46. The first-order valence-electron chi connectivity index (χ1n) is 2.40. The largest absolute Gasteiger partial charge is 0.468 e. The van der Waals surface area contributed by atoms with Crippen molar-refractivity contribution in [2.45, 2.75) is 0 Å². The first kappa shape index (κ1) is 5.70. The zero-order valence-electron chi connectivity index (χ0n) is 4.92. The summed E-state index contributed by atoms with van der Waals surface area (Å²) >= 11 is 0. The normalized spacial score (nSPS) is 8.44. The van der Waals surface area contributed by atoms with Crippen molar-refractivity contribution in [2.24, 2.45) is 0 Å². The maximum Gasteiger partial charge on any atom is 0.302 e. The van der Waals surface area contributed by atoms with E-state index in [-0.39, 0.29) is 5.95 Å². The molecule has 0 saturated carbocycles. The van der Waals surface area contributed by atoms with E-state index in [0.29, 0.717) is 5.56 Å². The van der Waals surface area contributed by atoms with Crippen LogP contribution in [0.1, 0.15) is 5.56 Å². The fourth-order valence-electron chi connectivity index (χ4n) is 0.536. The molecule has 0 amide bonds. The van der Waals surface area contributed by atoms with Gasteiger partial charge in [0.25, 0.3) is 0 Å². The van der Waals surface area contributed by atoms with Gasteiger partial charge in [0.2, 0.25) is 0 Å². The molecule has 0 radical (unpaired) electrons. The van der Waals surface area contributed by atoms with Crippen LogP contribution in [-0.2, 0) is 0 Å². The molecule has 0 aliphatic carbocycles. The van der Waals surface area contributed by atoms with Crippen LogP contribution in [-0.4, -0.2) is 7.11 Å². The molecule has 9 heavy (non-hydrogen) atoms. The Bertz CT molecular complexity index is 233. The van der Waals surface area contributed by atoms with Gasteiger partial charge in [-0.05, 0) is 6.07 Å². The monoisotopic (exact) mass is 123 g/mol. The van der Waals surface area contributed by atoms with Gasteiger partial charge in [0.15, 0.2) is 0 Å². The van der Waals surface area contributed by atoms with Crippen molar-refractivity contribution in [3.63, 3.8) is 0 Å². The molecule has 0 N–H and O–H groups in total. The topological polar surface area (TPSA) is 46.2 Å². The summed E-state index contributed by atoms with van der Waals surface area (Å²) in [4.78, 5) is 0.